The number of carboxylic acid groups (broad SMARTS) is 2. The van der Waals surface area contributed by atoms with Crippen LogP contribution in [0.2, 0.25) is 0 Å². The summed E-state index contributed by atoms with van der Waals surface area (Å²) in [6.45, 7) is 2.49. The van der Waals surface area contributed by atoms with E-state index in [2.05, 4.69) is 10.3 Å². The fraction of sp³-hybridized carbons (Fsp3) is 0.357. The van der Waals surface area contributed by atoms with Gasteiger partial charge >= 0.3 is 11.9 Å². The largest absolute Gasteiger partial charge is 0.493 e. The molecule has 2 aromatic rings. The summed E-state index contributed by atoms with van der Waals surface area (Å²) < 4.78 is 11.4. The van der Waals surface area contributed by atoms with Crippen LogP contribution in [0.5, 0.6) is 11.5 Å². The van der Waals surface area contributed by atoms with Crippen molar-refractivity contribution in [3.63, 3.8) is 0 Å². The normalized spacial score (nSPS) is 17.2. The maximum absolute atomic E-state index is 12.2. The van der Waals surface area contributed by atoms with Gasteiger partial charge in [-0.05, 0) is 44.5 Å². The van der Waals surface area contributed by atoms with Gasteiger partial charge in [-0.3, -0.25) is 14.9 Å². The molecule has 3 atom stereocenters. The summed E-state index contributed by atoms with van der Waals surface area (Å²) in [5.74, 6) is -5.16. The molecule has 0 bridgehead atoms. The number of carbonyl (C=O) groups is 2. The maximum atomic E-state index is 12.2. The lowest BCUT2D eigenvalue weighted by molar-refractivity contribution is -0.385. The molecular weight excluding hydrogens is 536 g/mol. The zero-order chi connectivity index (χ0) is 29.9. The summed E-state index contributed by atoms with van der Waals surface area (Å²) in [6.07, 6.45) is 0.451. The number of nitrogens with one attached hydrogen (secondary N) is 1. The van der Waals surface area contributed by atoms with Gasteiger partial charge < -0.3 is 30.1 Å². The van der Waals surface area contributed by atoms with E-state index >= 15 is 0 Å². The van der Waals surface area contributed by atoms with Crippen molar-refractivity contribution in [1.82, 2.24) is 5.32 Å². The van der Waals surface area contributed by atoms with Crippen molar-refractivity contribution in [3.8, 4) is 17.6 Å². The molecule has 0 amide bonds. The molecule has 0 saturated carbocycles. The molecule has 3 unspecified atom stereocenters. The highest BCUT2D eigenvalue weighted by molar-refractivity contribution is 6.06. The number of hydrogen-bond acceptors (Lipinski definition) is 10. The minimum absolute atomic E-state index is 0.0102. The Morgan fingerprint density at radius 3 is 2.54 bits per heavy atom. The van der Waals surface area contributed by atoms with Crippen LogP contribution in [-0.2, 0) is 9.59 Å². The van der Waals surface area contributed by atoms with Crippen LogP contribution >= 0.6 is 0 Å². The number of rotatable bonds is 15. The van der Waals surface area contributed by atoms with Crippen LogP contribution in [0.3, 0.4) is 0 Å². The predicted molar refractivity (Wildman–Crippen MR) is 146 cm³/mol. The van der Waals surface area contributed by atoms with Gasteiger partial charge in [-0.1, -0.05) is 18.2 Å². The first-order valence-corrected chi connectivity index (χ1v) is 12.8. The van der Waals surface area contributed by atoms with E-state index in [9.17, 15) is 40.3 Å². The Bertz CT molecular complexity index is 1370. The van der Waals surface area contributed by atoms with Crippen LogP contribution in [0, 0.1) is 27.4 Å². The molecule has 0 aliphatic carbocycles. The third-order valence-corrected chi connectivity index (χ3v) is 6.35. The predicted octanol–water partition coefficient (Wildman–Crippen LogP) is 2.90. The first-order valence-electron chi connectivity index (χ1n) is 12.8. The molecule has 1 aliphatic rings. The van der Waals surface area contributed by atoms with E-state index in [1.54, 1.807) is 18.2 Å². The molecule has 4 N–H and O–H groups in total. The monoisotopic (exact) mass is 566 g/mol. The Morgan fingerprint density at radius 1 is 1.17 bits per heavy atom. The summed E-state index contributed by atoms with van der Waals surface area (Å²) in [4.78, 5) is 39.0. The van der Waals surface area contributed by atoms with Gasteiger partial charge in [-0.25, -0.2) is 9.79 Å². The fourth-order valence-corrected chi connectivity index (χ4v) is 4.43. The quantitative estimate of drug-likeness (QED) is 0.140. The molecule has 1 heterocycles. The number of nitrogens with zero attached hydrogens (tertiary/aromatic N) is 3. The zero-order valence-corrected chi connectivity index (χ0v) is 22.2. The number of unbranched alkanes of at least 4 members (excludes halogenated alkanes) is 1. The Labute approximate surface area is 235 Å². The molecule has 0 saturated heterocycles. The van der Waals surface area contributed by atoms with Gasteiger partial charge in [0.15, 0.2) is 5.70 Å². The molecule has 1 aliphatic heterocycles. The number of aliphatic carboxylic acids is 2. The molecule has 0 fully saturated rings. The molecule has 0 radical (unpaired) electrons. The summed E-state index contributed by atoms with van der Waals surface area (Å²) in [6, 6.07) is 14.4. The van der Waals surface area contributed by atoms with Gasteiger partial charge in [-0.2, -0.15) is 5.26 Å². The molecule has 216 valence electrons. The maximum Gasteiger partial charge on any atom is 0.335 e. The molecule has 13 nitrogen and oxygen atoms in total. The number of nitriles is 1. The smallest absolute Gasteiger partial charge is 0.335 e. The highest BCUT2D eigenvalue weighted by atomic mass is 16.6. The van der Waals surface area contributed by atoms with E-state index in [0.717, 1.165) is 6.07 Å². The highest BCUT2D eigenvalue weighted by Gasteiger charge is 2.44. The molecule has 2 aromatic carbocycles. The van der Waals surface area contributed by atoms with Gasteiger partial charge in [0.2, 0.25) is 0 Å². The number of aliphatic imine (C=N–C) groups is 1. The number of benzene rings is 2. The topological polar surface area (TPSA) is 205 Å². The van der Waals surface area contributed by atoms with Crippen LogP contribution in [-0.4, -0.2) is 70.3 Å². The van der Waals surface area contributed by atoms with Crippen molar-refractivity contribution in [2.75, 3.05) is 26.3 Å². The number of aliphatic hydroxyl groups is 1. The number of aliphatic hydroxyl groups excluding tert-OH is 1. The van der Waals surface area contributed by atoms with Crippen molar-refractivity contribution in [3.05, 3.63) is 75.5 Å². The second-order valence-corrected chi connectivity index (χ2v) is 9.24. The van der Waals surface area contributed by atoms with Crippen molar-refractivity contribution in [2.45, 2.75) is 31.8 Å². The van der Waals surface area contributed by atoms with E-state index in [4.69, 9.17) is 9.47 Å². The second kappa shape index (κ2) is 14.5. The van der Waals surface area contributed by atoms with E-state index in [1.807, 2.05) is 18.2 Å². The average molecular weight is 567 g/mol. The lowest BCUT2D eigenvalue weighted by Gasteiger charge is -2.29. The second-order valence-electron chi connectivity index (χ2n) is 9.24. The molecule has 0 aromatic heterocycles. The van der Waals surface area contributed by atoms with Crippen molar-refractivity contribution in [2.24, 2.45) is 10.9 Å². The van der Waals surface area contributed by atoms with Crippen molar-refractivity contribution >= 4 is 23.3 Å². The third-order valence-electron chi connectivity index (χ3n) is 6.35. The van der Waals surface area contributed by atoms with Gasteiger partial charge in [0.05, 0.1) is 17.1 Å². The minimum Gasteiger partial charge on any atom is -0.493 e. The van der Waals surface area contributed by atoms with Crippen molar-refractivity contribution < 1.29 is 39.3 Å². The zero-order valence-electron chi connectivity index (χ0n) is 22.2. The number of non-ortho nitro benzene ring substituents is 1. The molecule has 3 rings (SSSR count). The number of nitro groups is 1. The Morgan fingerprint density at radius 2 is 1.90 bits per heavy atom. The van der Waals surface area contributed by atoms with Crippen LogP contribution in [0.25, 0.3) is 0 Å². The molecule has 0 spiro atoms. The molecule has 13 heteroatoms. The number of para-hydroxylation sites is 1. The Kier molecular flexibility index (Phi) is 10.9. The summed E-state index contributed by atoms with van der Waals surface area (Å²) in [5.41, 5.74) is -1.49. The molecule has 41 heavy (non-hydrogen) atoms. The van der Waals surface area contributed by atoms with E-state index < -0.39 is 46.1 Å². The van der Waals surface area contributed by atoms with Gasteiger partial charge in [-0.15, -0.1) is 0 Å². The lowest BCUT2D eigenvalue weighted by atomic mass is 9.75. The highest BCUT2D eigenvalue weighted by Crippen LogP contribution is 2.44. The number of nitro benzene ring substituents is 1. The summed E-state index contributed by atoms with van der Waals surface area (Å²) in [5, 5.41) is 54.0. The van der Waals surface area contributed by atoms with E-state index in [-0.39, 0.29) is 35.9 Å². The Hall–Kier alpha value is -4.80. The lowest BCUT2D eigenvalue weighted by Crippen LogP contribution is -2.35. The number of carboxylic acids is 2. The Balaban J connectivity index is 1.66. The fourth-order valence-electron chi connectivity index (χ4n) is 4.43. The van der Waals surface area contributed by atoms with Gasteiger partial charge in [0.1, 0.15) is 36.2 Å². The standard InChI is InChI=1S/C28H30N4O9/c1-17-24(27(34)35)25(26(28(36)37)22(14-29)31-17)21-13-18(32(38)39)9-10-23(21)40-12-6-5-11-30-15-19(33)16-41-20-7-3-2-4-8-20/h2-4,7-10,13,19,24-25,30,33H,5-6,11-12,15-16H2,1H3,(H,34,35)(H,36,37). The average Bonchev–Trinajstić information content (AvgIpc) is 2.94. The first kappa shape index (κ1) is 30.7. The molecular formula is C28H30N4O9. The van der Waals surface area contributed by atoms with Gasteiger partial charge in [0, 0.05) is 35.9 Å². The minimum atomic E-state index is -1.56. The van der Waals surface area contributed by atoms with Crippen LogP contribution in [0.1, 0.15) is 31.2 Å². The van der Waals surface area contributed by atoms with E-state index in [0.29, 0.717) is 31.7 Å². The van der Waals surface area contributed by atoms with Crippen LogP contribution < -0.4 is 14.8 Å². The van der Waals surface area contributed by atoms with Gasteiger partial charge in [0.25, 0.3) is 5.69 Å². The van der Waals surface area contributed by atoms with Crippen molar-refractivity contribution in [1.29, 1.82) is 5.26 Å². The first-order chi connectivity index (χ1) is 19.6. The SMILES string of the molecule is CC1=NC(C#N)=C(C(=O)O)C(c2cc([N+](=O)[O-])ccc2OCCCCNCC(O)COc2ccccc2)C1C(=O)O. The number of ether oxygens (including phenoxy) is 2. The number of allylic oxidation sites excluding steroid dienone is 1. The van der Waals surface area contributed by atoms with Crippen LogP contribution in [0.15, 0.2) is 64.8 Å². The van der Waals surface area contributed by atoms with Crippen LogP contribution in [0.4, 0.5) is 5.69 Å². The van der Waals surface area contributed by atoms with E-state index in [1.165, 1.54) is 19.1 Å². The third kappa shape index (κ3) is 8.10. The summed E-state index contributed by atoms with van der Waals surface area (Å²) >= 11 is 0. The number of hydrogen-bond donors (Lipinski definition) is 4. The summed E-state index contributed by atoms with van der Waals surface area (Å²) in [7, 11) is 0.